The summed E-state index contributed by atoms with van der Waals surface area (Å²) in [5.74, 6) is 0.530. The van der Waals surface area contributed by atoms with Crippen LogP contribution in [0.25, 0.3) is 0 Å². The number of amides is 1. The smallest absolute Gasteiger partial charge is 0.347 e. The summed E-state index contributed by atoms with van der Waals surface area (Å²) >= 11 is 0. The van der Waals surface area contributed by atoms with Crippen molar-refractivity contribution in [1.82, 2.24) is 0 Å². The van der Waals surface area contributed by atoms with Crippen molar-refractivity contribution in [2.45, 2.75) is 65.9 Å². The lowest BCUT2D eigenvalue weighted by Crippen LogP contribution is -2.26. The summed E-state index contributed by atoms with van der Waals surface area (Å²) in [5, 5.41) is 3.11. The van der Waals surface area contributed by atoms with Crippen molar-refractivity contribution in [3.8, 4) is 5.75 Å². The third kappa shape index (κ3) is 6.09. The predicted molar refractivity (Wildman–Crippen MR) is 120 cm³/mol. The van der Waals surface area contributed by atoms with Crippen LogP contribution in [0.5, 0.6) is 5.75 Å². The molecule has 1 atom stereocenters. The van der Waals surface area contributed by atoms with Crippen molar-refractivity contribution in [3.63, 3.8) is 0 Å². The Morgan fingerprint density at radius 3 is 1.97 bits per heavy atom. The van der Waals surface area contributed by atoms with Gasteiger partial charge in [0.2, 0.25) is 0 Å². The van der Waals surface area contributed by atoms with Crippen LogP contribution in [0.15, 0.2) is 42.5 Å². The maximum Gasteiger partial charge on any atom is 0.347 e. The van der Waals surface area contributed by atoms with Gasteiger partial charge in [-0.2, -0.15) is 0 Å². The lowest BCUT2D eigenvalue weighted by Gasteiger charge is -2.20. The van der Waals surface area contributed by atoms with Crippen molar-refractivity contribution >= 4 is 17.6 Å². The number of ether oxygens (including phenoxy) is 2. The number of hydrogen-bond donors (Lipinski definition) is 1. The number of hydrogen-bond acceptors (Lipinski definition) is 4. The van der Waals surface area contributed by atoms with E-state index in [1.54, 1.807) is 31.2 Å². The number of esters is 1. The van der Waals surface area contributed by atoms with E-state index in [0.717, 1.165) is 23.2 Å². The van der Waals surface area contributed by atoms with E-state index in [1.807, 2.05) is 13.0 Å². The molecular weight excluding hydrogens is 378 g/mol. The van der Waals surface area contributed by atoms with Crippen molar-refractivity contribution < 1.29 is 19.1 Å². The molecule has 2 aromatic rings. The van der Waals surface area contributed by atoms with Gasteiger partial charge in [0.1, 0.15) is 5.75 Å². The van der Waals surface area contributed by atoms with Crippen LogP contribution in [0.1, 0.15) is 81.3 Å². The Bertz CT molecular complexity index is 830. The van der Waals surface area contributed by atoms with Gasteiger partial charge in [0.05, 0.1) is 6.61 Å². The van der Waals surface area contributed by atoms with Gasteiger partial charge in [-0.05, 0) is 60.6 Å². The summed E-state index contributed by atoms with van der Waals surface area (Å²) in [5.41, 5.74) is 3.65. The van der Waals surface area contributed by atoms with Gasteiger partial charge in [-0.15, -0.1) is 0 Å². The Morgan fingerprint density at radius 2 is 1.47 bits per heavy atom. The van der Waals surface area contributed by atoms with Gasteiger partial charge in [-0.25, -0.2) is 4.79 Å². The van der Waals surface area contributed by atoms with Crippen LogP contribution in [-0.4, -0.2) is 24.6 Å². The Hall–Kier alpha value is -2.82. The van der Waals surface area contributed by atoms with Crippen molar-refractivity contribution in [1.29, 1.82) is 0 Å². The maximum absolute atomic E-state index is 12.9. The molecule has 0 spiro atoms. The minimum absolute atomic E-state index is 0.174. The maximum atomic E-state index is 12.9. The van der Waals surface area contributed by atoms with E-state index in [1.165, 1.54) is 0 Å². The van der Waals surface area contributed by atoms with Crippen molar-refractivity contribution in [2.75, 3.05) is 11.9 Å². The van der Waals surface area contributed by atoms with Gasteiger partial charge < -0.3 is 14.8 Å². The van der Waals surface area contributed by atoms with E-state index in [4.69, 9.17) is 9.47 Å². The first-order valence-corrected chi connectivity index (χ1v) is 10.6. The van der Waals surface area contributed by atoms with Crippen molar-refractivity contribution in [2.24, 2.45) is 0 Å². The highest BCUT2D eigenvalue weighted by Gasteiger charge is 2.18. The van der Waals surface area contributed by atoms with Gasteiger partial charge in [0.25, 0.3) is 5.91 Å². The first-order valence-electron chi connectivity index (χ1n) is 10.6. The first kappa shape index (κ1) is 23.5. The normalized spacial score (nSPS) is 12.0. The molecule has 0 unspecified atom stereocenters. The van der Waals surface area contributed by atoms with Crippen molar-refractivity contribution in [3.05, 3.63) is 59.2 Å². The molecule has 0 saturated heterocycles. The van der Waals surface area contributed by atoms with Crippen LogP contribution < -0.4 is 10.1 Å². The van der Waals surface area contributed by atoms with Gasteiger partial charge in [0.15, 0.2) is 6.10 Å². The number of anilines is 1. The molecule has 0 aliphatic heterocycles. The topological polar surface area (TPSA) is 64.6 Å². The molecule has 0 bridgehead atoms. The number of para-hydroxylation sites is 1. The van der Waals surface area contributed by atoms with Gasteiger partial charge in [-0.3, -0.25) is 4.79 Å². The minimum atomic E-state index is -0.706. The first-order chi connectivity index (χ1) is 14.2. The molecule has 0 aliphatic rings. The van der Waals surface area contributed by atoms with Gasteiger partial charge in [-0.1, -0.05) is 52.8 Å². The lowest BCUT2D eigenvalue weighted by atomic mass is 9.92. The van der Waals surface area contributed by atoms with Crippen LogP contribution in [0, 0.1) is 0 Å². The quantitative estimate of drug-likeness (QED) is 0.521. The average molecular weight is 412 g/mol. The molecule has 162 valence electrons. The van der Waals surface area contributed by atoms with Crippen LogP contribution in [-0.2, 0) is 9.53 Å². The highest BCUT2D eigenvalue weighted by molar-refractivity contribution is 6.05. The van der Waals surface area contributed by atoms with E-state index in [0.29, 0.717) is 29.8 Å². The number of rotatable bonds is 9. The number of carbonyl (C=O) groups excluding carboxylic acids is 2. The number of benzene rings is 2. The summed E-state index contributed by atoms with van der Waals surface area (Å²) in [4.78, 5) is 24.7. The second-order valence-corrected chi connectivity index (χ2v) is 8.03. The molecule has 2 aromatic carbocycles. The third-order valence-electron chi connectivity index (χ3n) is 4.82. The molecule has 0 fully saturated rings. The zero-order valence-electron chi connectivity index (χ0n) is 18.8. The Morgan fingerprint density at radius 1 is 0.900 bits per heavy atom. The summed E-state index contributed by atoms with van der Waals surface area (Å²) in [7, 11) is 0. The zero-order chi connectivity index (χ0) is 22.3. The predicted octanol–water partition coefficient (Wildman–Crippen LogP) is 5.91. The number of carbonyl (C=O) groups is 2. The minimum Gasteiger partial charge on any atom is -0.479 e. The average Bonchev–Trinajstić information content (AvgIpc) is 2.72. The lowest BCUT2D eigenvalue weighted by molar-refractivity contribution is -0.151. The van der Waals surface area contributed by atoms with Crippen LogP contribution in [0.3, 0.4) is 0 Å². The number of nitrogens with one attached hydrogen (secondary N) is 1. The van der Waals surface area contributed by atoms with Crippen LogP contribution in [0.4, 0.5) is 5.69 Å². The highest BCUT2D eigenvalue weighted by Crippen LogP contribution is 2.32. The Labute approximate surface area is 179 Å². The molecule has 2 rings (SSSR count). The van der Waals surface area contributed by atoms with E-state index < -0.39 is 12.1 Å². The third-order valence-corrected chi connectivity index (χ3v) is 4.82. The van der Waals surface area contributed by atoms with E-state index in [9.17, 15) is 9.59 Å². The summed E-state index contributed by atoms with van der Waals surface area (Å²) in [6.07, 6.45) is 0.0588. The second kappa shape index (κ2) is 10.8. The second-order valence-electron chi connectivity index (χ2n) is 8.03. The van der Waals surface area contributed by atoms with E-state index in [-0.39, 0.29) is 5.91 Å². The monoisotopic (exact) mass is 411 g/mol. The highest BCUT2D eigenvalue weighted by atomic mass is 16.6. The summed E-state index contributed by atoms with van der Waals surface area (Å²) in [6, 6.07) is 12.9. The van der Waals surface area contributed by atoms with Gasteiger partial charge in [0, 0.05) is 11.3 Å². The zero-order valence-corrected chi connectivity index (χ0v) is 18.8. The van der Waals surface area contributed by atoms with Crippen LogP contribution >= 0.6 is 0 Å². The van der Waals surface area contributed by atoms with Crippen LogP contribution in [0.2, 0.25) is 0 Å². The molecule has 1 amide bonds. The molecular formula is C25H33NO4. The molecule has 0 aromatic heterocycles. The summed E-state index contributed by atoms with van der Waals surface area (Å²) in [6.45, 7) is 12.4. The van der Waals surface area contributed by atoms with Gasteiger partial charge >= 0.3 is 5.97 Å². The standard InChI is InChI=1S/C25H33NO4/c1-7-15-29-25(28)18(6)30-20-13-11-19(12-14-20)24(27)26-23-21(16(2)3)9-8-10-22(23)17(4)5/h8-14,16-18H,7,15H2,1-6H3,(H,26,27)/t18-/m1/s1. The Balaban J connectivity index is 2.13. The van der Waals surface area contributed by atoms with E-state index >= 15 is 0 Å². The fourth-order valence-electron chi connectivity index (χ4n) is 3.14. The van der Waals surface area contributed by atoms with E-state index in [2.05, 4.69) is 45.1 Å². The largest absolute Gasteiger partial charge is 0.479 e. The molecule has 5 nitrogen and oxygen atoms in total. The fraction of sp³-hybridized carbons (Fsp3) is 0.440. The SMILES string of the molecule is CCCOC(=O)[C@@H](C)Oc1ccc(C(=O)Nc2c(C(C)C)cccc2C(C)C)cc1. The fourth-order valence-corrected chi connectivity index (χ4v) is 3.14. The Kier molecular flexibility index (Phi) is 8.46. The molecule has 30 heavy (non-hydrogen) atoms. The molecule has 1 N–H and O–H groups in total. The summed E-state index contributed by atoms with van der Waals surface area (Å²) < 4.78 is 10.7. The molecule has 0 aliphatic carbocycles. The molecule has 0 radical (unpaired) electrons. The molecule has 0 heterocycles. The molecule has 5 heteroatoms. The molecule has 0 saturated carbocycles.